The number of nitrogens with zero attached hydrogens (tertiary/aromatic N) is 10. The minimum atomic E-state index is 0. The van der Waals surface area contributed by atoms with E-state index < -0.39 is 0 Å². The molecule has 2 aromatic carbocycles. The van der Waals surface area contributed by atoms with Crippen molar-refractivity contribution in [3.63, 3.8) is 0 Å². The molecule has 4 aromatic heterocycles. The molecule has 0 fully saturated rings. The molecular weight excluding hydrogens is 736 g/mol. The van der Waals surface area contributed by atoms with Crippen molar-refractivity contribution in [3.05, 3.63) is 126 Å². The molecule has 0 saturated heterocycles. The molecule has 0 aliphatic rings. The Kier molecular flexibility index (Phi) is 18.6. The number of halogens is 1. The molecule has 0 aliphatic heterocycles. The Balaban J connectivity index is 0.000000401. The van der Waals surface area contributed by atoms with E-state index in [2.05, 4.69) is 88.6 Å². The molecular formula is C28H28BrN12NaS4. The van der Waals surface area contributed by atoms with Crippen LogP contribution in [0.15, 0.2) is 93.7 Å². The number of azide groups is 1. The summed E-state index contributed by atoms with van der Waals surface area (Å²) in [5, 5.41) is 16.6. The van der Waals surface area contributed by atoms with E-state index in [-0.39, 0.29) is 68.6 Å². The zero-order valence-corrected chi connectivity index (χ0v) is 32.1. The average molecular weight is 764 g/mol. The van der Waals surface area contributed by atoms with E-state index in [1.54, 1.807) is 47.5 Å². The summed E-state index contributed by atoms with van der Waals surface area (Å²) in [7, 11) is 0. The second-order valence-corrected chi connectivity index (χ2v) is 11.6. The SMILES string of the molecule is C[C@H](Nc1ncnc2sccc12)c1ccc(Br)cc1.C[C@H](Nc1ncnc2sccc12)c1ccc(N=[N+]=[N-])cc1.S.S.[N-]=[N+]=[N-].[Na+]. The average Bonchev–Trinajstić information content (AvgIpc) is 3.70. The Bertz CT molecular complexity index is 1870. The summed E-state index contributed by atoms with van der Waals surface area (Å²) in [6, 6.07) is 20.1. The van der Waals surface area contributed by atoms with Crippen LogP contribution in [0.1, 0.15) is 37.1 Å². The Morgan fingerprint density at radius 3 is 1.52 bits per heavy atom. The Morgan fingerprint density at radius 2 is 1.11 bits per heavy atom. The van der Waals surface area contributed by atoms with Crippen molar-refractivity contribution in [2.45, 2.75) is 25.9 Å². The van der Waals surface area contributed by atoms with Crippen LogP contribution in [0.3, 0.4) is 0 Å². The van der Waals surface area contributed by atoms with Crippen LogP contribution < -0.4 is 40.2 Å². The summed E-state index contributed by atoms with van der Waals surface area (Å²) in [5.74, 6) is 1.72. The largest absolute Gasteiger partial charge is 1.00 e. The molecule has 0 unspecified atom stereocenters. The summed E-state index contributed by atoms with van der Waals surface area (Å²) < 4.78 is 1.09. The first-order valence-corrected chi connectivity index (χ1v) is 15.3. The number of rotatable bonds is 7. The fourth-order valence-corrected chi connectivity index (χ4v) is 5.75. The molecule has 0 radical (unpaired) electrons. The number of thiophene rings is 2. The van der Waals surface area contributed by atoms with Gasteiger partial charge in [0.15, 0.2) is 0 Å². The first-order valence-electron chi connectivity index (χ1n) is 12.7. The molecule has 0 aliphatic carbocycles. The summed E-state index contributed by atoms with van der Waals surface area (Å²) >= 11 is 6.67. The number of benzene rings is 2. The Morgan fingerprint density at radius 1 is 0.696 bits per heavy atom. The molecule has 2 atom stereocenters. The van der Waals surface area contributed by atoms with E-state index in [1.165, 1.54) is 10.5 Å². The smallest absolute Gasteiger partial charge is 0.373 e. The molecule has 6 aromatic rings. The second kappa shape index (κ2) is 20.9. The van der Waals surface area contributed by atoms with Crippen LogP contribution in [0.5, 0.6) is 0 Å². The quantitative estimate of drug-likeness (QED) is 0.0733. The predicted octanol–water partition coefficient (Wildman–Crippen LogP) is 7.53. The van der Waals surface area contributed by atoms with Crippen molar-refractivity contribution in [1.29, 1.82) is 0 Å². The van der Waals surface area contributed by atoms with Gasteiger partial charge >= 0.3 is 29.6 Å². The van der Waals surface area contributed by atoms with Gasteiger partial charge in [0.25, 0.3) is 0 Å². The van der Waals surface area contributed by atoms with Crippen molar-refractivity contribution >= 4 is 103 Å². The van der Waals surface area contributed by atoms with Crippen LogP contribution in [0.25, 0.3) is 46.9 Å². The molecule has 18 heteroatoms. The van der Waals surface area contributed by atoms with Crippen molar-refractivity contribution in [1.82, 2.24) is 19.9 Å². The van der Waals surface area contributed by atoms with Gasteiger partial charge in [-0.25, -0.2) is 19.9 Å². The van der Waals surface area contributed by atoms with Gasteiger partial charge in [0, 0.05) is 27.2 Å². The minimum absolute atomic E-state index is 0. The van der Waals surface area contributed by atoms with Crippen LogP contribution in [-0.2, 0) is 0 Å². The molecule has 4 heterocycles. The zero-order valence-electron chi connectivity index (χ0n) is 24.9. The van der Waals surface area contributed by atoms with Crippen molar-refractivity contribution < 1.29 is 29.6 Å². The van der Waals surface area contributed by atoms with Gasteiger partial charge < -0.3 is 21.7 Å². The molecule has 12 nitrogen and oxygen atoms in total. The summed E-state index contributed by atoms with van der Waals surface area (Å²) in [6.45, 7) is 4.19. The maximum atomic E-state index is 8.41. The molecule has 6 rings (SSSR count). The number of hydrogen-bond acceptors (Lipinski definition) is 9. The monoisotopic (exact) mass is 762 g/mol. The first-order chi connectivity index (χ1) is 20.9. The van der Waals surface area contributed by atoms with E-state index in [4.69, 9.17) is 16.6 Å². The summed E-state index contributed by atoms with van der Waals surface area (Å²) in [6.07, 6.45) is 3.17. The minimum Gasteiger partial charge on any atom is -0.373 e. The van der Waals surface area contributed by atoms with Crippen LogP contribution in [0.4, 0.5) is 17.3 Å². The number of hydrogen-bond donors (Lipinski definition) is 2. The van der Waals surface area contributed by atoms with Gasteiger partial charge in [0.1, 0.15) is 34.0 Å². The van der Waals surface area contributed by atoms with Gasteiger partial charge in [-0.1, -0.05) is 57.4 Å². The Hall–Kier alpha value is -3.08. The normalized spacial score (nSPS) is 10.8. The number of aromatic nitrogens is 4. The maximum Gasteiger partial charge on any atom is 1.00 e. The maximum absolute atomic E-state index is 8.41. The van der Waals surface area contributed by atoms with Gasteiger partial charge in [0.2, 0.25) is 0 Å². The van der Waals surface area contributed by atoms with Crippen LogP contribution in [0.2, 0.25) is 0 Å². The predicted molar refractivity (Wildman–Crippen MR) is 199 cm³/mol. The third kappa shape index (κ3) is 11.3. The van der Waals surface area contributed by atoms with Gasteiger partial charge in [-0.15, -0.1) is 22.7 Å². The fourth-order valence-electron chi connectivity index (χ4n) is 4.02. The molecule has 2 N–H and O–H groups in total. The molecule has 0 bridgehead atoms. The third-order valence-electron chi connectivity index (χ3n) is 6.15. The van der Waals surface area contributed by atoms with Gasteiger partial charge in [-0.2, -0.15) is 27.0 Å². The van der Waals surface area contributed by atoms with Gasteiger partial charge in [0.05, 0.1) is 10.8 Å². The van der Waals surface area contributed by atoms with E-state index in [0.717, 1.165) is 42.1 Å². The van der Waals surface area contributed by atoms with E-state index in [1.807, 2.05) is 41.1 Å². The van der Waals surface area contributed by atoms with E-state index in [9.17, 15) is 0 Å². The van der Waals surface area contributed by atoms with Crippen LogP contribution in [0, 0.1) is 0 Å². The fraction of sp³-hybridized carbons (Fsp3) is 0.143. The summed E-state index contributed by atoms with van der Waals surface area (Å²) in [4.78, 5) is 23.4. The van der Waals surface area contributed by atoms with Crippen LogP contribution in [-0.4, -0.2) is 19.9 Å². The molecule has 232 valence electrons. The van der Waals surface area contributed by atoms with Gasteiger partial charge in [-0.05, 0) is 65.5 Å². The molecule has 46 heavy (non-hydrogen) atoms. The topological polar surface area (TPSA) is 183 Å². The number of anilines is 2. The Labute approximate surface area is 317 Å². The van der Waals surface area contributed by atoms with Crippen LogP contribution >= 0.6 is 65.6 Å². The van der Waals surface area contributed by atoms with E-state index in [0.29, 0.717) is 5.69 Å². The van der Waals surface area contributed by atoms with Crippen molar-refractivity contribution in [3.8, 4) is 0 Å². The second-order valence-electron chi connectivity index (χ2n) is 8.88. The molecule has 0 amide bonds. The van der Waals surface area contributed by atoms with Crippen molar-refractivity contribution in [2.24, 2.45) is 5.11 Å². The first kappa shape index (κ1) is 40.9. The standard InChI is InChI=1S/C14H12BrN3S.C14H12N6S.N3.Na.2H2S/c1-9(10-2-4-11(15)5-3-10)18-13-12-6-7-19-14(12)17-8-16-13;1-9(10-2-4-11(5-3-10)19-20-15)18-13-12-6-7-21-14(12)17-8-16-13;1-3-2;;;/h2-9H,1H3,(H,16,17,18);2-9H,1H3,(H,16,17,18);;;2*1H2/q;;-1;+1;;/t2*9-;;;;/m00..../s1. The molecule has 0 spiro atoms. The van der Waals surface area contributed by atoms with Crippen molar-refractivity contribution in [2.75, 3.05) is 10.6 Å². The third-order valence-corrected chi connectivity index (χ3v) is 8.32. The number of fused-ring (bicyclic) bond motifs is 2. The zero-order chi connectivity index (χ0) is 30.6. The number of nitrogens with one attached hydrogen (secondary N) is 2. The summed E-state index contributed by atoms with van der Waals surface area (Å²) in [5.41, 5.74) is 24.8. The van der Waals surface area contributed by atoms with Gasteiger partial charge in [-0.3, -0.25) is 4.91 Å². The van der Waals surface area contributed by atoms with E-state index >= 15 is 0 Å². The molecule has 0 saturated carbocycles.